The van der Waals surface area contributed by atoms with Crippen molar-refractivity contribution in [1.82, 2.24) is 15.1 Å². The van der Waals surface area contributed by atoms with Gasteiger partial charge in [0.2, 0.25) is 0 Å². The number of carbonyl (C=O) groups excluding carboxylic acids is 1. The first-order valence-corrected chi connectivity index (χ1v) is 7.14. The third kappa shape index (κ3) is 6.78. The van der Waals surface area contributed by atoms with Gasteiger partial charge in [-0.05, 0) is 47.7 Å². The highest BCUT2D eigenvalue weighted by atomic mass is 16.6. The molecule has 0 radical (unpaired) electrons. The molecule has 1 aliphatic rings. The van der Waals surface area contributed by atoms with Gasteiger partial charge in [0.15, 0.2) is 0 Å². The Morgan fingerprint density at radius 1 is 1.42 bits per heavy atom. The van der Waals surface area contributed by atoms with Crippen LogP contribution >= 0.6 is 0 Å². The third-order valence-corrected chi connectivity index (χ3v) is 3.07. The van der Waals surface area contributed by atoms with E-state index in [0.717, 1.165) is 39.0 Å². The van der Waals surface area contributed by atoms with Gasteiger partial charge in [-0.15, -0.1) is 0 Å². The van der Waals surface area contributed by atoms with Crippen LogP contribution in [0.15, 0.2) is 0 Å². The van der Waals surface area contributed by atoms with Gasteiger partial charge < -0.3 is 19.9 Å². The second-order valence-electron chi connectivity index (χ2n) is 6.52. The topological polar surface area (TPSA) is 44.8 Å². The number of likely N-dealkylation sites (N-methyl/N-ethyl adjacent to an activating group) is 1. The summed E-state index contributed by atoms with van der Waals surface area (Å²) in [6.07, 6.45) is 1.98. The molecular formula is C14H29N3O2. The molecule has 1 aliphatic heterocycles. The van der Waals surface area contributed by atoms with Crippen molar-refractivity contribution in [3.05, 3.63) is 0 Å². The fourth-order valence-electron chi connectivity index (χ4n) is 2.13. The molecule has 0 spiro atoms. The second-order valence-corrected chi connectivity index (χ2v) is 6.52. The molecule has 0 aromatic carbocycles. The molecule has 1 N–H and O–H groups in total. The summed E-state index contributed by atoms with van der Waals surface area (Å²) in [4.78, 5) is 16.0. The minimum absolute atomic E-state index is 0.188. The van der Waals surface area contributed by atoms with E-state index in [1.807, 2.05) is 25.7 Å². The van der Waals surface area contributed by atoms with Crippen molar-refractivity contribution in [1.29, 1.82) is 0 Å². The Morgan fingerprint density at radius 3 is 2.68 bits per heavy atom. The fourth-order valence-corrected chi connectivity index (χ4v) is 2.13. The smallest absolute Gasteiger partial charge is 0.410 e. The number of carbonyl (C=O) groups is 1. The van der Waals surface area contributed by atoms with Crippen molar-refractivity contribution in [2.45, 2.75) is 45.3 Å². The molecule has 5 nitrogen and oxygen atoms in total. The van der Waals surface area contributed by atoms with E-state index in [1.54, 1.807) is 0 Å². The third-order valence-electron chi connectivity index (χ3n) is 3.07. The standard InChI is InChI=1S/C14H29N3O2/c1-14(2,3)19-13(18)17-9-6-7-12(11-17)15-8-10-16(4)5/h12,15H,6-11H2,1-5H3/t12-/m0/s1. The summed E-state index contributed by atoms with van der Waals surface area (Å²) in [6, 6.07) is 0.390. The number of nitrogens with one attached hydrogen (secondary N) is 1. The van der Waals surface area contributed by atoms with Crippen LogP contribution in [0, 0.1) is 0 Å². The number of amides is 1. The lowest BCUT2D eigenvalue weighted by Crippen LogP contribution is -2.50. The van der Waals surface area contributed by atoms with E-state index in [1.165, 1.54) is 0 Å². The van der Waals surface area contributed by atoms with Crippen molar-refractivity contribution in [2.75, 3.05) is 40.3 Å². The lowest BCUT2D eigenvalue weighted by Gasteiger charge is -2.34. The molecule has 0 unspecified atom stereocenters. The van der Waals surface area contributed by atoms with Gasteiger partial charge in [-0.2, -0.15) is 0 Å². The molecule has 1 atom stereocenters. The minimum Gasteiger partial charge on any atom is -0.444 e. The van der Waals surface area contributed by atoms with Gasteiger partial charge in [-0.3, -0.25) is 0 Å². The Bertz CT molecular complexity index is 287. The number of piperidine rings is 1. The molecule has 1 saturated heterocycles. The fraction of sp³-hybridized carbons (Fsp3) is 0.929. The highest BCUT2D eigenvalue weighted by Crippen LogP contribution is 2.15. The van der Waals surface area contributed by atoms with E-state index in [9.17, 15) is 4.79 Å². The number of nitrogens with zero attached hydrogens (tertiary/aromatic N) is 2. The summed E-state index contributed by atoms with van der Waals surface area (Å²) in [5.41, 5.74) is -0.414. The Morgan fingerprint density at radius 2 is 2.11 bits per heavy atom. The summed E-state index contributed by atoms with van der Waals surface area (Å²) in [6.45, 7) is 9.25. The summed E-state index contributed by atoms with van der Waals surface area (Å²) in [5.74, 6) is 0. The van der Waals surface area contributed by atoms with Crippen LogP contribution in [0.5, 0.6) is 0 Å². The molecular weight excluding hydrogens is 242 g/mol. The average Bonchev–Trinajstić information content (AvgIpc) is 2.26. The Balaban J connectivity index is 2.35. The van der Waals surface area contributed by atoms with Crippen LogP contribution in [0.2, 0.25) is 0 Å². The first-order valence-electron chi connectivity index (χ1n) is 7.14. The van der Waals surface area contributed by atoms with Crippen LogP contribution in [0.1, 0.15) is 33.6 Å². The van der Waals surface area contributed by atoms with Crippen LogP contribution in [-0.4, -0.2) is 67.8 Å². The maximum absolute atomic E-state index is 12.0. The van der Waals surface area contributed by atoms with Gasteiger partial charge in [0.1, 0.15) is 5.60 Å². The summed E-state index contributed by atoms with van der Waals surface area (Å²) < 4.78 is 5.42. The van der Waals surface area contributed by atoms with Crippen molar-refractivity contribution < 1.29 is 9.53 Å². The summed E-state index contributed by atoms with van der Waals surface area (Å²) in [7, 11) is 4.13. The van der Waals surface area contributed by atoms with Crippen molar-refractivity contribution in [3.8, 4) is 0 Å². The molecule has 0 aliphatic carbocycles. The molecule has 0 bridgehead atoms. The molecule has 5 heteroatoms. The SMILES string of the molecule is CN(C)CCN[C@H]1CCCN(C(=O)OC(C)(C)C)C1. The van der Waals surface area contributed by atoms with E-state index >= 15 is 0 Å². The molecule has 1 heterocycles. The normalized spacial score (nSPS) is 20.7. The van der Waals surface area contributed by atoms with Gasteiger partial charge >= 0.3 is 6.09 Å². The number of likely N-dealkylation sites (tertiary alicyclic amines) is 1. The van der Waals surface area contributed by atoms with Crippen molar-refractivity contribution in [3.63, 3.8) is 0 Å². The lowest BCUT2D eigenvalue weighted by atomic mass is 10.1. The van der Waals surface area contributed by atoms with Gasteiger partial charge in [-0.1, -0.05) is 0 Å². The molecule has 1 rings (SSSR count). The molecule has 0 aromatic rings. The van der Waals surface area contributed by atoms with Crippen LogP contribution < -0.4 is 5.32 Å². The molecule has 1 amide bonds. The summed E-state index contributed by atoms with van der Waals surface area (Å²) >= 11 is 0. The van der Waals surface area contributed by atoms with Gasteiger partial charge in [-0.25, -0.2) is 4.79 Å². The monoisotopic (exact) mass is 271 g/mol. The van der Waals surface area contributed by atoms with Gasteiger partial charge in [0, 0.05) is 32.2 Å². The molecule has 1 fully saturated rings. The number of ether oxygens (including phenoxy) is 1. The largest absolute Gasteiger partial charge is 0.444 e. The quantitative estimate of drug-likeness (QED) is 0.842. The zero-order valence-corrected chi connectivity index (χ0v) is 13.0. The maximum Gasteiger partial charge on any atom is 0.410 e. The average molecular weight is 271 g/mol. The van der Waals surface area contributed by atoms with Gasteiger partial charge in [0.05, 0.1) is 0 Å². The maximum atomic E-state index is 12.0. The minimum atomic E-state index is -0.414. The predicted molar refractivity (Wildman–Crippen MR) is 77.4 cm³/mol. The number of hydrogen-bond donors (Lipinski definition) is 1. The zero-order valence-electron chi connectivity index (χ0n) is 13.0. The van der Waals surface area contributed by atoms with Gasteiger partial charge in [0.25, 0.3) is 0 Å². The van der Waals surface area contributed by atoms with E-state index in [4.69, 9.17) is 4.74 Å². The number of hydrogen-bond acceptors (Lipinski definition) is 4. The van der Waals surface area contributed by atoms with Crippen molar-refractivity contribution >= 4 is 6.09 Å². The first kappa shape index (κ1) is 16.2. The molecule has 19 heavy (non-hydrogen) atoms. The lowest BCUT2D eigenvalue weighted by molar-refractivity contribution is 0.0187. The molecule has 0 aromatic heterocycles. The predicted octanol–water partition coefficient (Wildman–Crippen LogP) is 1.54. The van der Waals surface area contributed by atoms with E-state index in [2.05, 4.69) is 24.3 Å². The highest BCUT2D eigenvalue weighted by molar-refractivity contribution is 5.68. The van der Waals surface area contributed by atoms with Crippen molar-refractivity contribution in [2.24, 2.45) is 0 Å². The molecule has 112 valence electrons. The van der Waals surface area contributed by atoms with Crippen LogP contribution in [0.4, 0.5) is 4.79 Å². The van der Waals surface area contributed by atoms with E-state index in [0.29, 0.717) is 6.04 Å². The van der Waals surface area contributed by atoms with Crippen LogP contribution in [0.25, 0.3) is 0 Å². The Kier molecular flexibility index (Phi) is 6.07. The van der Waals surface area contributed by atoms with E-state index < -0.39 is 5.60 Å². The summed E-state index contributed by atoms with van der Waals surface area (Å²) in [5, 5.41) is 3.51. The number of rotatable bonds is 4. The highest BCUT2D eigenvalue weighted by Gasteiger charge is 2.27. The first-order chi connectivity index (χ1) is 8.78. The van der Waals surface area contributed by atoms with Crippen LogP contribution in [-0.2, 0) is 4.74 Å². The zero-order chi connectivity index (χ0) is 14.5. The second kappa shape index (κ2) is 7.10. The Hall–Kier alpha value is -0.810. The molecule has 0 saturated carbocycles. The van der Waals surface area contributed by atoms with E-state index in [-0.39, 0.29) is 6.09 Å². The Labute approximate surface area is 117 Å². The van der Waals surface area contributed by atoms with Crippen LogP contribution in [0.3, 0.4) is 0 Å².